The van der Waals surface area contributed by atoms with Crippen molar-refractivity contribution < 1.29 is 9.47 Å². The fraction of sp³-hybridized carbons (Fsp3) is 0.286. The van der Waals surface area contributed by atoms with Crippen LogP contribution in [0.15, 0.2) is 36.0 Å². The SMILES string of the molecule is C=CCNC(=S)N/N=C\c1ccc(OC)c(OCC)c1. The Bertz CT molecular complexity index is 489. The second-order valence-electron chi connectivity index (χ2n) is 3.71. The van der Waals surface area contributed by atoms with Gasteiger partial charge in [0.2, 0.25) is 0 Å². The zero-order valence-electron chi connectivity index (χ0n) is 11.7. The third-order valence-electron chi connectivity index (χ3n) is 2.27. The average Bonchev–Trinajstić information content (AvgIpc) is 2.46. The van der Waals surface area contributed by atoms with E-state index in [4.69, 9.17) is 21.7 Å². The van der Waals surface area contributed by atoms with Crippen LogP contribution in [0.25, 0.3) is 0 Å². The predicted octanol–water partition coefficient (Wildman–Crippen LogP) is 2.08. The highest BCUT2D eigenvalue weighted by Crippen LogP contribution is 2.27. The summed E-state index contributed by atoms with van der Waals surface area (Å²) in [6, 6.07) is 5.57. The van der Waals surface area contributed by atoms with Crippen molar-refractivity contribution in [1.29, 1.82) is 0 Å². The van der Waals surface area contributed by atoms with Crippen LogP contribution in [0.2, 0.25) is 0 Å². The minimum Gasteiger partial charge on any atom is -0.493 e. The largest absolute Gasteiger partial charge is 0.493 e. The fourth-order valence-electron chi connectivity index (χ4n) is 1.41. The lowest BCUT2D eigenvalue weighted by Gasteiger charge is -2.09. The normalized spacial score (nSPS) is 10.1. The first-order valence-corrected chi connectivity index (χ1v) is 6.60. The van der Waals surface area contributed by atoms with Gasteiger partial charge in [0.05, 0.1) is 19.9 Å². The molecule has 0 saturated carbocycles. The molecule has 0 atom stereocenters. The van der Waals surface area contributed by atoms with Gasteiger partial charge in [-0.1, -0.05) is 6.08 Å². The molecule has 0 heterocycles. The summed E-state index contributed by atoms with van der Waals surface area (Å²) in [5.74, 6) is 1.38. The topological polar surface area (TPSA) is 54.9 Å². The van der Waals surface area contributed by atoms with E-state index in [1.807, 2.05) is 25.1 Å². The third kappa shape index (κ3) is 5.27. The van der Waals surface area contributed by atoms with Gasteiger partial charge in [0.15, 0.2) is 16.6 Å². The van der Waals surface area contributed by atoms with Crippen molar-refractivity contribution in [3.8, 4) is 11.5 Å². The summed E-state index contributed by atoms with van der Waals surface area (Å²) in [4.78, 5) is 0. The van der Waals surface area contributed by atoms with Gasteiger partial charge in [0, 0.05) is 6.54 Å². The van der Waals surface area contributed by atoms with Crippen LogP contribution in [0, 0.1) is 0 Å². The number of nitrogens with zero attached hydrogens (tertiary/aromatic N) is 1. The molecule has 5 nitrogen and oxygen atoms in total. The van der Waals surface area contributed by atoms with Gasteiger partial charge in [-0.05, 0) is 42.9 Å². The summed E-state index contributed by atoms with van der Waals surface area (Å²) in [6.07, 6.45) is 3.37. The number of benzene rings is 1. The van der Waals surface area contributed by atoms with Crippen LogP contribution in [0.5, 0.6) is 11.5 Å². The fourth-order valence-corrected chi connectivity index (χ4v) is 1.55. The zero-order chi connectivity index (χ0) is 14.8. The molecule has 2 N–H and O–H groups in total. The smallest absolute Gasteiger partial charge is 0.187 e. The molecule has 0 aliphatic carbocycles. The number of methoxy groups -OCH3 is 1. The van der Waals surface area contributed by atoms with Crippen LogP contribution in [0.1, 0.15) is 12.5 Å². The quantitative estimate of drug-likeness (QED) is 0.349. The highest BCUT2D eigenvalue weighted by molar-refractivity contribution is 7.80. The molecule has 0 aromatic heterocycles. The van der Waals surface area contributed by atoms with E-state index >= 15 is 0 Å². The lowest BCUT2D eigenvalue weighted by atomic mass is 10.2. The van der Waals surface area contributed by atoms with Gasteiger partial charge in [0.1, 0.15) is 0 Å². The predicted molar refractivity (Wildman–Crippen MR) is 85.7 cm³/mol. The van der Waals surface area contributed by atoms with E-state index < -0.39 is 0 Å². The van der Waals surface area contributed by atoms with Gasteiger partial charge in [-0.25, -0.2) is 0 Å². The van der Waals surface area contributed by atoms with E-state index in [-0.39, 0.29) is 0 Å². The molecular formula is C14H19N3O2S. The summed E-state index contributed by atoms with van der Waals surface area (Å²) in [5, 5.41) is 7.40. The van der Waals surface area contributed by atoms with Crippen LogP contribution < -0.4 is 20.2 Å². The second-order valence-corrected chi connectivity index (χ2v) is 4.12. The van der Waals surface area contributed by atoms with Gasteiger partial charge in [-0.3, -0.25) is 5.43 Å². The molecule has 6 heteroatoms. The number of ether oxygens (including phenoxy) is 2. The van der Waals surface area contributed by atoms with E-state index in [0.29, 0.717) is 29.8 Å². The number of nitrogens with one attached hydrogen (secondary N) is 2. The molecule has 0 bridgehead atoms. The first kappa shape index (κ1) is 16.0. The molecule has 0 radical (unpaired) electrons. The summed E-state index contributed by atoms with van der Waals surface area (Å²) in [6.45, 7) is 6.68. The van der Waals surface area contributed by atoms with Crippen LogP contribution in [0.4, 0.5) is 0 Å². The van der Waals surface area contributed by atoms with E-state index in [0.717, 1.165) is 5.56 Å². The van der Waals surface area contributed by atoms with E-state index in [2.05, 4.69) is 22.4 Å². The molecule has 0 aliphatic heterocycles. The summed E-state index contributed by atoms with van der Waals surface area (Å²) < 4.78 is 10.7. The molecule has 0 spiro atoms. The van der Waals surface area contributed by atoms with E-state index in [1.165, 1.54) is 0 Å². The second kappa shape index (κ2) is 8.92. The van der Waals surface area contributed by atoms with Crippen molar-refractivity contribution in [2.24, 2.45) is 5.10 Å². The summed E-state index contributed by atoms with van der Waals surface area (Å²) >= 11 is 5.01. The zero-order valence-corrected chi connectivity index (χ0v) is 12.5. The Morgan fingerprint density at radius 1 is 1.45 bits per heavy atom. The van der Waals surface area contributed by atoms with Crippen molar-refractivity contribution in [3.05, 3.63) is 36.4 Å². The minimum absolute atomic E-state index is 0.444. The number of hydrogen-bond acceptors (Lipinski definition) is 4. The number of hydrogen-bond donors (Lipinski definition) is 2. The Balaban J connectivity index is 2.65. The first-order valence-electron chi connectivity index (χ1n) is 6.19. The average molecular weight is 293 g/mol. The molecule has 1 aromatic rings. The van der Waals surface area contributed by atoms with Crippen molar-refractivity contribution in [3.63, 3.8) is 0 Å². The molecule has 0 amide bonds. The number of hydrazone groups is 1. The third-order valence-corrected chi connectivity index (χ3v) is 2.51. The van der Waals surface area contributed by atoms with Crippen LogP contribution >= 0.6 is 12.2 Å². The summed E-state index contributed by atoms with van der Waals surface area (Å²) in [5.41, 5.74) is 3.60. The number of thiocarbonyl (C=S) groups is 1. The van der Waals surface area contributed by atoms with Crippen LogP contribution in [-0.4, -0.2) is 31.6 Å². The van der Waals surface area contributed by atoms with Crippen molar-refractivity contribution in [2.75, 3.05) is 20.3 Å². The van der Waals surface area contributed by atoms with Crippen LogP contribution in [-0.2, 0) is 0 Å². The van der Waals surface area contributed by atoms with E-state index in [1.54, 1.807) is 19.4 Å². The van der Waals surface area contributed by atoms with Crippen molar-refractivity contribution in [2.45, 2.75) is 6.92 Å². The molecule has 1 rings (SSSR count). The Labute approximate surface area is 124 Å². The maximum Gasteiger partial charge on any atom is 0.187 e. The molecule has 1 aromatic carbocycles. The molecule has 0 fully saturated rings. The molecule has 108 valence electrons. The maximum atomic E-state index is 5.49. The van der Waals surface area contributed by atoms with Gasteiger partial charge < -0.3 is 14.8 Å². The summed E-state index contributed by atoms with van der Waals surface area (Å²) in [7, 11) is 1.61. The Hall–Kier alpha value is -2.08. The van der Waals surface area contributed by atoms with Crippen molar-refractivity contribution >= 4 is 23.5 Å². The van der Waals surface area contributed by atoms with Crippen molar-refractivity contribution in [1.82, 2.24) is 10.7 Å². The Morgan fingerprint density at radius 3 is 2.90 bits per heavy atom. The molecular weight excluding hydrogens is 274 g/mol. The Morgan fingerprint density at radius 2 is 2.25 bits per heavy atom. The maximum absolute atomic E-state index is 5.49. The molecule has 0 aliphatic rings. The van der Waals surface area contributed by atoms with Gasteiger partial charge in [0.25, 0.3) is 0 Å². The van der Waals surface area contributed by atoms with E-state index in [9.17, 15) is 0 Å². The highest BCUT2D eigenvalue weighted by atomic mass is 32.1. The Kier molecular flexibility index (Phi) is 7.13. The lowest BCUT2D eigenvalue weighted by Crippen LogP contribution is -2.31. The lowest BCUT2D eigenvalue weighted by molar-refractivity contribution is 0.311. The highest BCUT2D eigenvalue weighted by Gasteiger charge is 2.03. The standard InChI is InChI=1S/C14H19N3O2S/c1-4-8-15-14(20)17-16-10-11-6-7-12(18-3)13(9-11)19-5-2/h4,6-7,9-10H,1,5,8H2,2-3H3,(H2,15,17,20)/b16-10-. The van der Waals surface area contributed by atoms with Gasteiger partial charge in [-0.15, -0.1) is 6.58 Å². The minimum atomic E-state index is 0.444. The monoisotopic (exact) mass is 293 g/mol. The number of rotatable bonds is 7. The van der Waals surface area contributed by atoms with Gasteiger partial charge >= 0.3 is 0 Å². The first-order chi connectivity index (χ1) is 9.71. The van der Waals surface area contributed by atoms with Gasteiger partial charge in [-0.2, -0.15) is 5.10 Å². The molecule has 0 unspecified atom stereocenters. The molecule has 20 heavy (non-hydrogen) atoms. The molecule has 0 saturated heterocycles. The van der Waals surface area contributed by atoms with Crippen LogP contribution in [0.3, 0.4) is 0 Å².